The number of imidazole rings is 1. The Kier molecular flexibility index (Phi) is 3.23. The van der Waals surface area contributed by atoms with Crippen molar-refractivity contribution in [2.24, 2.45) is 0 Å². The lowest BCUT2D eigenvalue weighted by Crippen LogP contribution is -2.03. The van der Waals surface area contributed by atoms with Crippen molar-refractivity contribution in [3.63, 3.8) is 0 Å². The molecule has 6 heteroatoms. The Labute approximate surface area is 131 Å². The second-order valence-electron chi connectivity index (χ2n) is 5.07. The summed E-state index contributed by atoms with van der Waals surface area (Å²) < 4.78 is 2.14. The standard InChI is InChI=1S/C16H15N5S/c1-2-11-12-9-17-4-3-13(12)20-14(11)10-21-7-5-18-15(21)16-19-6-8-22-16/h3-9,20H,2,10H2,1H3. The number of aromatic amines is 1. The summed E-state index contributed by atoms with van der Waals surface area (Å²) in [6.45, 7) is 2.93. The van der Waals surface area contributed by atoms with Crippen LogP contribution in [0.1, 0.15) is 18.2 Å². The molecule has 4 aromatic rings. The average Bonchev–Trinajstić information content (AvgIpc) is 3.26. The summed E-state index contributed by atoms with van der Waals surface area (Å²) in [6, 6.07) is 2.02. The second-order valence-corrected chi connectivity index (χ2v) is 5.97. The van der Waals surface area contributed by atoms with Crippen molar-refractivity contribution in [2.75, 3.05) is 0 Å². The summed E-state index contributed by atoms with van der Waals surface area (Å²) >= 11 is 1.61. The zero-order valence-electron chi connectivity index (χ0n) is 12.2. The lowest BCUT2D eigenvalue weighted by Gasteiger charge is -2.07. The van der Waals surface area contributed by atoms with Gasteiger partial charge in [0.1, 0.15) is 0 Å². The third-order valence-corrected chi connectivity index (χ3v) is 4.59. The molecule has 0 aromatic carbocycles. The molecule has 0 atom stereocenters. The summed E-state index contributed by atoms with van der Waals surface area (Å²) in [6.07, 6.45) is 10.4. The van der Waals surface area contributed by atoms with Crippen LogP contribution in [0.4, 0.5) is 0 Å². The van der Waals surface area contributed by atoms with Crippen molar-refractivity contribution in [3.05, 3.63) is 53.7 Å². The highest BCUT2D eigenvalue weighted by Crippen LogP contribution is 2.25. The third-order valence-electron chi connectivity index (χ3n) is 3.82. The number of hydrogen-bond acceptors (Lipinski definition) is 4. The molecule has 22 heavy (non-hydrogen) atoms. The molecule has 4 rings (SSSR count). The Hall–Kier alpha value is -2.47. The number of rotatable bonds is 4. The van der Waals surface area contributed by atoms with Gasteiger partial charge in [-0.05, 0) is 18.1 Å². The van der Waals surface area contributed by atoms with Crippen LogP contribution in [0.3, 0.4) is 0 Å². The lowest BCUT2D eigenvalue weighted by atomic mass is 10.1. The summed E-state index contributed by atoms with van der Waals surface area (Å²) in [5.41, 5.74) is 3.67. The molecule has 0 aliphatic carbocycles. The quantitative estimate of drug-likeness (QED) is 0.627. The summed E-state index contributed by atoms with van der Waals surface area (Å²) in [5.74, 6) is 0.911. The molecule has 0 aliphatic heterocycles. The minimum absolute atomic E-state index is 0.757. The molecule has 0 aliphatic rings. The fourth-order valence-corrected chi connectivity index (χ4v) is 3.47. The molecule has 4 heterocycles. The molecule has 0 fully saturated rings. The van der Waals surface area contributed by atoms with Crippen LogP contribution in [0, 0.1) is 0 Å². The van der Waals surface area contributed by atoms with Crippen LogP contribution in [0.15, 0.2) is 42.4 Å². The van der Waals surface area contributed by atoms with Crippen molar-refractivity contribution >= 4 is 22.2 Å². The zero-order valence-corrected chi connectivity index (χ0v) is 13.0. The van der Waals surface area contributed by atoms with Crippen molar-refractivity contribution in [1.29, 1.82) is 0 Å². The van der Waals surface area contributed by atoms with E-state index in [9.17, 15) is 0 Å². The fraction of sp³-hybridized carbons (Fsp3) is 0.188. The van der Waals surface area contributed by atoms with Crippen LogP contribution in [-0.2, 0) is 13.0 Å². The number of aromatic nitrogens is 5. The van der Waals surface area contributed by atoms with Crippen molar-refractivity contribution in [3.8, 4) is 10.8 Å². The van der Waals surface area contributed by atoms with Crippen LogP contribution in [0.2, 0.25) is 0 Å². The number of thiazole rings is 1. The maximum atomic E-state index is 4.45. The van der Waals surface area contributed by atoms with E-state index >= 15 is 0 Å². The van der Waals surface area contributed by atoms with E-state index in [-0.39, 0.29) is 0 Å². The number of hydrogen-bond donors (Lipinski definition) is 1. The molecule has 4 aromatic heterocycles. The molecular weight excluding hydrogens is 294 g/mol. The zero-order chi connectivity index (χ0) is 14.9. The van der Waals surface area contributed by atoms with Gasteiger partial charge in [0.05, 0.1) is 6.54 Å². The van der Waals surface area contributed by atoms with Gasteiger partial charge in [-0.2, -0.15) is 0 Å². The van der Waals surface area contributed by atoms with Gasteiger partial charge in [-0.15, -0.1) is 11.3 Å². The first kappa shape index (κ1) is 13.2. The molecule has 0 radical (unpaired) electrons. The molecule has 1 N–H and O–H groups in total. The fourth-order valence-electron chi connectivity index (χ4n) is 2.82. The molecule has 0 unspecified atom stereocenters. The summed E-state index contributed by atoms with van der Waals surface area (Å²) in [5, 5.41) is 4.12. The minimum atomic E-state index is 0.757. The molecule has 5 nitrogen and oxygen atoms in total. The maximum absolute atomic E-state index is 4.45. The number of nitrogens with zero attached hydrogens (tertiary/aromatic N) is 4. The molecule has 0 saturated carbocycles. The minimum Gasteiger partial charge on any atom is -0.357 e. The first-order valence-electron chi connectivity index (χ1n) is 7.21. The SMILES string of the molecule is CCc1c(Cn2ccnc2-c2nccs2)[nH]c2ccncc12. The number of nitrogens with one attached hydrogen (secondary N) is 1. The van der Waals surface area contributed by atoms with Crippen molar-refractivity contribution < 1.29 is 0 Å². The number of pyridine rings is 1. The van der Waals surface area contributed by atoms with Gasteiger partial charge in [0, 0.05) is 53.0 Å². The van der Waals surface area contributed by atoms with E-state index in [0.717, 1.165) is 29.3 Å². The molecule has 110 valence electrons. The molecule has 0 amide bonds. The Morgan fingerprint density at radius 2 is 2.18 bits per heavy atom. The number of aryl methyl sites for hydroxylation is 1. The van der Waals surface area contributed by atoms with Crippen LogP contribution in [0.25, 0.3) is 21.7 Å². The van der Waals surface area contributed by atoms with Crippen LogP contribution in [-0.4, -0.2) is 24.5 Å². The van der Waals surface area contributed by atoms with Gasteiger partial charge in [-0.3, -0.25) is 4.98 Å². The molecule has 0 saturated heterocycles. The van der Waals surface area contributed by atoms with Gasteiger partial charge in [0.2, 0.25) is 0 Å². The Morgan fingerprint density at radius 1 is 1.23 bits per heavy atom. The molecule has 0 bridgehead atoms. The lowest BCUT2D eigenvalue weighted by molar-refractivity contribution is 0.778. The van der Waals surface area contributed by atoms with E-state index in [0.29, 0.717) is 0 Å². The summed E-state index contributed by atoms with van der Waals surface area (Å²) in [7, 11) is 0. The normalized spacial score (nSPS) is 11.3. The van der Waals surface area contributed by atoms with E-state index in [4.69, 9.17) is 0 Å². The first-order chi connectivity index (χ1) is 10.9. The second kappa shape index (κ2) is 5.38. The largest absolute Gasteiger partial charge is 0.357 e. The number of fused-ring (bicyclic) bond motifs is 1. The van der Waals surface area contributed by atoms with Gasteiger partial charge in [0.15, 0.2) is 10.8 Å². The maximum Gasteiger partial charge on any atom is 0.169 e. The predicted octanol–water partition coefficient (Wildman–Crippen LogP) is 3.49. The predicted molar refractivity (Wildman–Crippen MR) is 87.9 cm³/mol. The first-order valence-corrected chi connectivity index (χ1v) is 8.09. The third kappa shape index (κ3) is 2.12. The van der Waals surface area contributed by atoms with Gasteiger partial charge in [0.25, 0.3) is 0 Å². The van der Waals surface area contributed by atoms with Crippen molar-refractivity contribution in [2.45, 2.75) is 19.9 Å². The average molecular weight is 309 g/mol. The van der Waals surface area contributed by atoms with E-state index in [1.165, 1.54) is 16.6 Å². The van der Waals surface area contributed by atoms with Gasteiger partial charge < -0.3 is 9.55 Å². The van der Waals surface area contributed by atoms with Crippen LogP contribution >= 0.6 is 11.3 Å². The van der Waals surface area contributed by atoms with E-state index in [2.05, 4.69) is 31.4 Å². The summed E-state index contributed by atoms with van der Waals surface area (Å²) in [4.78, 5) is 16.6. The highest BCUT2D eigenvalue weighted by Gasteiger charge is 2.13. The molecule has 0 spiro atoms. The van der Waals surface area contributed by atoms with E-state index in [1.807, 2.05) is 42.4 Å². The monoisotopic (exact) mass is 309 g/mol. The Balaban J connectivity index is 1.77. The smallest absolute Gasteiger partial charge is 0.169 e. The molecular formula is C16H15N5S. The van der Waals surface area contributed by atoms with Crippen LogP contribution in [0.5, 0.6) is 0 Å². The Morgan fingerprint density at radius 3 is 3.00 bits per heavy atom. The highest BCUT2D eigenvalue weighted by atomic mass is 32.1. The van der Waals surface area contributed by atoms with Gasteiger partial charge in [-0.25, -0.2) is 9.97 Å². The van der Waals surface area contributed by atoms with Gasteiger partial charge >= 0.3 is 0 Å². The van der Waals surface area contributed by atoms with E-state index < -0.39 is 0 Å². The topological polar surface area (TPSA) is 59.4 Å². The van der Waals surface area contributed by atoms with Crippen molar-refractivity contribution in [1.82, 2.24) is 24.5 Å². The van der Waals surface area contributed by atoms with Crippen LogP contribution < -0.4 is 0 Å². The highest BCUT2D eigenvalue weighted by molar-refractivity contribution is 7.13. The van der Waals surface area contributed by atoms with E-state index in [1.54, 1.807) is 11.3 Å². The number of H-pyrrole nitrogens is 1. The Bertz CT molecular complexity index is 904. The van der Waals surface area contributed by atoms with Gasteiger partial charge in [-0.1, -0.05) is 6.92 Å².